The molecule has 0 bridgehead atoms. The fraction of sp³-hybridized carbons (Fsp3) is 1.00. The lowest BCUT2D eigenvalue weighted by Gasteiger charge is -2.31. The van der Waals surface area contributed by atoms with Crippen LogP contribution in [0.1, 0.15) is 59.3 Å². The molecule has 1 nitrogen and oxygen atoms in total. The Bertz CT molecular complexity index is 213. The van der Waals surface area contributed by atoms with E-state index in [0.29, 0.717) is 17.3 Å². The Balaban J connectivity index is 1.81. The van der Waals surface area contributed by atoms with E-state index in [-0.39, 0.29) is 6.10 Å². The Morgan fingerprint density at radius 2 is 1.73 bits per heavy atom. The van der Waals surface area contributed by atoms with Crippen molar-refractivity contribution in [3.63, 3.8) is 0 Å². The van der Waals surface area contributed by atoms with E-state index < -0.39 is 0 Å². The SMILES string of the molecule is CCC1CCC(C(O)C2CC2(C)C)CC1. The molecule has 0 aromatic heterocycles. The lowest BCUT2D eigenvalue weighted by molar-refractivity contribution is 0.0466. The first-order valence-corrected chi connectivity index (χ1v) is 6.72. The van der Waals surface area contributed by atoms with Gasteiger partial charge in [0, 0.05) is 0 Å². The van der Waals surface area contributed by atoms with Gasteiger partial charge in [-0.2, -0.15) is 0 Å². The molecule has 0 heterocycles. The van der Waals surface area contributed by atoms with Gasteiger partial charge in [-0.3, -0.25) is 0 Å². The second-order valence-corrected chi connectivity index (χ2v) is 6.48. The van der Waals surface area contributed by atoms with Crippen molar-refractivity contribution in [2.45, 2.75) is 65.4 Å². The summed E-state index contributed by atoms with van der Waals surface area (Å²) >= 11 is 0. The van der Waals surface area contributed by atoms with Crippen molar-refractivity contribution in [3.05, 3.63) is 0 Å². The molecule has 1 N–H and O–H groups in total. The summed E-state index contributed by atoms with van der Waals surface area (Å²) < 4.78 is 0. The smallest absolute Gasteiger partial charge is 0.0601 e. The van der Waals surface area contributed by atoms with Gasteiger partial charge in [0.1, 0.15) is 0 Å². The van der Waals surface area contributed by atoms with Crippen molar-refractivity contribution in [1.29, 1.82) is 0 Å². The Hall–Kier alpha value is -0.0400. The molecule has 2 fully saturated rings. The zero-order valence-electron chi connectivity index (χ0n) is 10.5. The van der Waals surface area contributed by atoms with E-state index in [9.17, 15) is 5.11 Å². The summed E-state index contributed by atoms with van der Waals surface area (Å²) in [6, 6.07) is 0. The maximum atomic E-state index is 10.3. The van der Waals surface area contributed by atoms with E-state index in [1.54, 1.807) is 0 Å². The summed E-state index contributed by atoms with van der Waals surface area (Å²) in [7, 11) is 0. The second-order valence-electron chi connectivity index (χ2n) is 6.48. The molecule has 2 rings (SSSR count). The summed E-state index contributed by atoms with van der Waals surface area (Å²) in [5.74, 6) is 2.15. The molecule has 88 valence electrons. The molecule has 1 heteroatoms. The van der Waals surface area contributed by atoms with E-state index in [1.807, 2.05) is 0 Å². The predicted octanol–water partition coefficient (Wildman–Crippen LogP) is 3.61. The highest BCUT2D eigenvalue weighted by atomic mass is 16.3. The first-order chi connectivity index (χ1) is 7.04. The van der Waals surface area contributed by atoms with Crippen molar-refractivity contribution >= 4 is 0 Å². The van der Waals surface area contributed by atoms with Gasteiger partial charge in [-0.05, 0) is 42.4 Å². The van der Waals surface area contributed by atoms with Crippen LogP contribution in [0, 0.1) is 23.2 Å². The topological polar surface area (TPSA) is 20.2 Å². The van der Waals surface area contributed by atoms with Crippen LogP contribution in [0.15, 0.2) is 0 Å². The summed E-state index contributed by atoms with van der Waals surface area (Å²) in [5, 5.41) is 10.3. The molecule has 2 unspecified atom stereocenters. The second kappa shape index (κ2) is 4.08. The molecule has 15 heavy (non-hydrogen) atoms. The van der Waals surface area contributed by atoms with E-state index in [2.05, 4.69) is 20.8 Å². The van der Waals surface area contributed by atoms with Crippen LogP contribution in [-0.2, 0) is 0 Å². The van der Waals surface area contributed by atoms with Crippen molar-refractivity contribution in [2.75, 3.05) is 0 Å². The third-order valence-corrected chi connectivity index (χ3v) is 4.95. The van der Waals surface area contributed by atoms with Gasteiger partial charge >= 0.3 is 0 Å². The van der Waals surface area contributed by atoms with Crippen LogP contribution in [0.4, 0.5) is 0 Å². The first kappa shape index (κ1) is 11.4. The first-order valence-electron chi connectivity index (χ1n) is 6.72. The molecule has 2 atom stereocenters. The predicted molar refractivity (Wildman–Crippen MR) is 63.6 cm³/mol. The Kier molecular flexibility index (Phi) is 3.12. The van der Waals surface area contributed by atoms with Gasteiger partial charge < -0.3 is 5.11 Å². The summed E-state index contributed by atoms with van der Waals surface area (Å²) in [6.45, 7) is 6.88. The normalized spacial score (nSPS) is 41.2. The van der Waals surface area contributed by atoms with Crippen molar-refractivity contribution in [1.82, 2.24) is 0 Å². The van der Waals surface area contributed by atoms with Gasteiger partial charge in [-0.1, -0.05) is 40.0 Å². The van der Waals surface area contributed by atoms with Gasteiger partial charge in [0.15, 0.2) is 0 Å². The molecule has 0 aromatic carbocycles. The van der Waals surface area contributed by atoms with Gasteiger partial charge in [-0.15, -0.1) is 0 Å². The third kappa shape index (κ3) is 2.38. The summed E-state index contributed by atoms with van der Waals surface area (Å²) in [6.07, 6.45) is 7.81. The van der Waals surface area contributed by atoms with Crippen LogP contribution < -0.4 is 0 Å². The number of hydrogen-bond acceptors (Lipinski definition) is 1. The quantitative estimate of drug-likeness (QED) is 0.754. The minimum Gasteiger partial charge on any atom is -0.393 e. The van der Waals surface area contributed by atoms with E-state index in [4.69, 9.17) is 0 Å². The maximum absolute atomic E-state index is 10.3. The molecular formula is C14H26O. The highest BCUT2D eigenvalue weighted by molar-refractivity contribution is 5.01. The number of aliphatic hydroxyl groups excluding tert-OH is 1. The molecule has 2 aliphatic carbocycles. The Labute approximate surface area is 94.3 Å². The van der Waals surface area contributed by atoms with E-state index >= 15 is 0 Å². The van der Waals surface area contributed by atoms with Gasteiger partial charge in [-0.25, -0.2) is 0 Å². The minimum absolute atomic E-state index is 0.00203. The number of hydrogen-bond donors (Lipinski definition) is 1. The number of rotatable bonds is 3. The molecule has 0 radical (unpaired) electrons. The van der Waals surface area contributed by atoms with Gasteiger partial charge in [0.2, 0.25) is 0 Å². The molecule has 0 amide bonds. The molecule has 0 aromatic rings. The zero-order chi connectivity index (χ0) is 11.1. The minimum atomic E-state index is -0.00203. The molecule has 0 aliphatic heterocycles. The monoisotopic (exact) mass is 210 g/mol. The van der Waals surface area contributed by atoms with E-state index in [0.717, 1.165) is 5.92 Å². The fourth-order valence-corrected chi connectivity index (χ4v) is 3.36. The van der Waals surface area contributed by atoms with Crippen LogP contribution in [0.2, 0.25) is 0 Å². The highest BCUT2D eigenvalue weighted by Crippen LogP contribution is 2.56. The van der Waals surface area contributed by atoms with Gasteiger partial charge in [0.25, 0.3) is 0 Å². The lowest BCUT2D eigenvalue weighted by Crippen LogP contribution is -2.28. The van der Waals surface area contributed by atoms with Crippen LogP contribution in [-0.4, -0.2) is 11.2 Å². The largest absolute Gasteiger partial charge is 0.393 e. The maximum Gasteiger partial charge on any atom is 0.0601 e. The fourth-order valence-electron chi connectivity index (χ4n) is 3.36. The van der Waals surface area contributed by atoms with Gasteiger partial charge in [0.05, 0.1) is 6.10 Å². The van der Waals surface area contributed by atoms with E-state index in [1.165, 1.54) is 38.5 Å². The molecule has 2 saturated carbocycles. The standard InChI is InChI=1S/C14H26O/c1-4-10-5-7-11(8-6-10)13(15)12-9-14(12,2)3/h10-13,15H,4-9H2,1-3H3. The van der Waals surface area contributed by atoms with Crippen molar-refractivity contribution < 1.29 is 5.11 Å². The molecular weight excluding hydrogens is 184 g/mol. The summed E-state index contributed by atoms with van der Waals surface area (Å²) in [5.41, 5.74) is 0.432. The van der Waals surface area contributed by atoms with Crippen LogP contribution in [0.25, 0.3) is 0 Å². The van der Waals surface area contributed by atoms with Crippen molar-refractivity contribution in [2.24, 2.45) is 23.2 Å². The highest BCUT2D eigenvalue weighted by Gasteiger charge is 2.51. The van der Waals surface area contributed by atoms with Crippen LogP contribution in [0.5, 0.6) is 0 Å². The zero-order valence-corrected chi connectivity index (χ0v) is 10.5. The molecule has 2 aliphatic rings. The summed E-state index contributed by atoms with van der Waals surface area (Å²) in [4.78, 5) is 0. The Morgan fingerprint density at radius 1 is 1.20 bits per heavy atom. The van der Waals surface area contributed by atoms with Crippen LogP contribution in [0.3, 0.4) is 0 Å². The molecule has 0 spiro atoms. The lowest BCUT2D eigenvalue weighted by atomic mass is 9.77. The third-order valence-electron chi connectivity index (χ3n) is 4.95. The average Bonchev–Trinajstić information content (AvgIpc) is 2.87. The van der Waals surface area contributed by atoms with Crippen molar-refractivity contribution in [3.8, 4) is 0 Å². The Morgan fingerprint density at radius 3 is 2.13 bits per heavy atom. The molecule has 0 saturated heterocycles. The average molecular weight is 210 g/mol. The number of aliphatic hydroxyl groups is 1. The van der Waals surface area contributed by atoms with Crippen LogP contribution >= 0.6 is 0 Å².